The molecule has 0 spiro atoms. The van der Waals surface area contributed by atoms with Crippen LogP contribution in [0.5, 0.6) is 0 Å². The number of hydrogen-bond donors (Lipinski definition) is 1. The van der Waals surface area contributed by atoms with Gasteiger partial charge in [0.25, 0.3) is 0 Å². The van der Waals surface area contributed by atoms with Crippen molar-refractivity contribution in [2.75, 3.05) is 0 Å². The highest BCUT2D eigenvalue weighted by molar-refractivity contribution is 5.95. The molecule has 0 unspecified atom stereocenters. The molecule has 2 heterocycles. The summed E-state index contributed by atoms with van der Waals surface area (Å²) in [7, 11) is 0. The van der Waals surface area contributed by atoms with Gasteiger partial charge in [-0.1, -0.05) is 6.07 Å². The number of hydrogen-bond acceptors (Lipinski definition) is 3. The molecule has 1 saturated carbocycles. The molecule has 8 heteroatoms. The minimum Gasteiger partial charge on any atom is -0.346 e. The first-order chi connectivity index (χ1) is 13.3. The lowest BCUT2D eigenvalue weighted by atomic mass is 9.96. The molecule has 0 saturated heterocycles. The Balaban J connectivity index is 0.00000240. The molecule has 2 amide bonds. The van der Waals surface area contributed by atoms with Gasteiger partial charge in [0.2, 0.25) is 11.8 Å². The van der Waals surface area contributed by atoms with Gasteiger partial charge in [0.05, 0.1) is 24.4 Å². The number of carbonyl (C=O) groups is 2. The van der Waals surface area contributed by atoms with Crippen LogP contribution in [0.25, 0.3) is 0 Å². The topological polar surface area (TPSA) is 62.3 Å². The van der Waals surface area contributed by atoms with E-state index in [4.69, 9.17) is 0 Å². The van der Waals surface area contributed by atoms with Crippen LogP contribution in [0, 0.1) is 17.5 Å². The normalized spacial score (nSPS) is 18.4. The molecular formula is C20H20F3N3O2. The van der Waals surface area contributed by atoms with Gasteiger partial charge in [-0.3, -0.25) is 14.6 Å². The third kappa shape index (κ3) is 3.12. The molecule has 1 fully saturated rings. The van der Waals surface area contributed by atoms with E-state index in [-0.39, 0.29) is 26.0 Å². The lowest BCUT2D eigenvalue weighted by molar-refractivity contribution is -0.143. The lowest BCUT2D eigenvalue weighted by Crippen LogP contribution is -2.53. The highest BCUT2D eigenvalue weighted by atomic mass is 19.1. The van der Waals surface area contributed by atoms with Crippen molar-refractivity contribution < 1.29 is 24.2 Å². The second kappa shape index (κ2) is 6.61. The van der Waals surface area contributed by atoms with Crippen LogP contribution in [0.1, 0.15) is 44.1 Å². The van der Waals surface area contributed by atoms with Crippen LogP contribution in [0.2, 0.25) is 0 Å². The number of fused-ring (bicyclic) bond motifs is 1. The molecule has 1 aliphatic carbocycles. The van der Waals surface area contributed by atoms with E-state index in [9.17, 15) is 22.8 Å². The molecule has 1 aliphatic heterocycles. The van der Waals surface area contributed by atoms with Gasteiger partial charge in [0.15, 0.2) is 0 Å². The minimum atomic E-state index is -1.02. The molecule has 2 aromatic rings. The van der Waals surface area contributed by atoms with Crippen LogP contribution in [0.15, 0.2) is 30.5 Å². The number of pyridine rings is 1. The molecule has 4 rings (SSSR count). The third-order valence-corrected chi connectivity index (χ3v) is 5.40. The average Bonchev–Trinajstić information content (AvgIpc) is 3.43. The number of nitrogens with zero attached hydrogens (tertiary/aromatic N) is 2. The largest absolute Gasteiger partial charge is 0.346 e. The standard InChI is InChI=1S/C20H18F3N3O2.H2/c1-11(18-16(23)8-15(22)9-24-18)25-19(28)20(4-5-20)26-10-13-6-14(21)3-2-12(13)7-17(26)27;/h2-3,6,8-9,11H,4-5,7,10H2,1H3,(H,25,28);1H/t11-;/m1./s1. The first-order valence-electron chi connectivity index (χ1n) is 9.00. The van der Waals surface area contributed by atoms with E-state index in [0.29, 0.717) is 24.5 Å². The van der Waals surface area contributed by atoms with Crippen LogP contribution in [-0.2, 0) is 22.6 Å². The number of amides is 2. The fourth-order valence-electron chi connectivity index (χ4n) is 3.70. The van der Waals surface area contributed by atoms with Crippen molar-refractivity contribution in [3.63, 3.8) is 0 Å². The van der Waals surface area contributed by atoms with E-state index in [2.05, 4.69) is 10.3 Å². The molecule has 148 valence electrons. The summed E-state index contributed by atoms with van der Waals surface area (Å²) in [6.45, 7) is 1.69. The maximum atomic E-state index is 13.9. The molecule has 2 aliphatic rings. The number of aromatic nitrogens is 1. The van der Waals surface area contributed by atoms with E-state index >= 15 is 0 Å². The highest BCUT2D eigenvalue weighted by Gasteiger charge is 2.57. The average molecular weight is 391 g/mol. The molecule has 0 bridgehead atoms. The summed E-state index contributed by atoms with van der Waals surface area (Å²) in [4.78, 5) is 30.7. The molecule has 1 N–H and O–H groups in total. The smallest absolute Gasteiger partial charge is 0.246 e. The Morgan fingerprint density at radius 1 is 1.21 bits per heavy atom. The molecule has 1 aromatic heterocycles. The number of carbonyl (C=O) groups excluding carboxylic acids is 2. The van der Waals surface area contributed by atoms with E-state index < -0.39 is 34.9 Å². The number of nitrogens with one attached hydrogen (secondary N) is 1. The van der Waals surface area contributed by atoms with Crippen molar-refractivity contribution >= 4 is 11.8 Å². The fourth-order valence-corrected chi connectivity index (χ4v) is 3.70. The fraction of sp³-hybridized carbons (Fsp3) is 0.350. The molecular weight excluding hydrogens is 371 g/mol. The summed E-state index contributed by atoms with van der Waals surface area (Å²) in [6.07, 6.45) is 1.94. The Kier molecular flexibility index (Phi) is 4.36. The minimum absolute atomic E-state index is 0. The second-order valence-corrected chi connectivity index (χ2v) is 7.32. The van der Waals surface area contributed by atoms with E-state index in [0.717, 1.165) is 11.8 Å². The van der Waals surface area contributed by atoms with E-state index in [1.165, 1.54) is 17.0 Å². The maximum absolute atomic E-state index is 13.9. The Morgan fingerprint density at radius 3 is 2.64 bits per heavy atom. The van der Waals surface area contributed by atoms with Crippen molar-refractivity contribution in [1.29, 1.82) is 0 Å². The van der Waals surface area contributed by atoms with Crippen LogP contribution in [0.3, 0.4) is 0 Å². The molecule has 5 nitrogen and oxygen atoms in total. The summed E-state index contributed by atoms with van der Waals surface area (Å²) in [6, 6.07) is 4.19. The first kappa shape index (κ1) is 18.5. The Morgan fingerprint density at radius 2 is 1.96 bits per heavy atom. The quantitative estimate of drug-likeness (QED) is 0.872. The van der Waals surface area contributed by atoms with Gasteiger partial charge in [-0.2, -0.15) is 0 Å². The molecule has 1 aromatic carbocycles. The van der Waals surface area contributed by atoms with Crippen molar-refractivity contribution in [2.24, 2.45) is 0 Å². The zero-order valence-corrected chi connectivity index (χ0v) is 15.1. The van der Waals surface area contributed by atoms with Crippen molar-refractivity contribution in [2.45, 2.75) is 44.3 Å². The van der Waals surface area contributed by atoms with Gasteiger partial charge < -0.3 is 10.2 Å². The van der Waals surface area contributed by atoms with Gasteiger partial charge >= 0.3 is 0 Å². The van der Waals surface area contributed by atoms with Crippen LogP contribution < -0.4 is 5.32 Å². The van der Waals surface area contributed by atoms with Crippen molar-refractivity contribution in [3.8, 4) is 0 Å². The predicted octanol–water partition coefficient (Wildman–Crippen LogP) is 3.04. The summed E-state index contributed by atoms with van der Waals surface area (Å²) >= 11 is 0. The Hall–Kier alpha value is -2.90. The summed E-state index contributed by atoms with van der Waals surface area (Å²) in [5.74, 6) is -2.67. The third-order valence-electron chi connectivity index (χ3n) is 5.40. The van der Waals surface area contributed by atoms with Crippen LogP contribution >= 0.6 is 0 Å². The van der Waals surface area contributed by atoms with Crippen molar-refractivity contribution in [3.05, 3.63) is 64.7 Å². The van der Waals surface area contributed by atoms with E-state index in [1.807, 2.05) is 0 Å². The summed E-state index contributed by atoms with van der Waals surface area (Å²) < 4.78 is 40.5. The van der Waals surface area contributed by atoms with Gasteiger partial charge in [-0.25, -0.2) is 13.2 Å². The summed E-state index contributed by atoms with van der Waals surface area (Å²) in [5.41, 5.74) is 0.331. The second-order valence-electron chi connectivity index (χ2n) is 7.32. The van der Waals surface area contributed by atoms with Crippen LogP contribution in [-0.4, -0.2) is 27.2 Å². The van der Waals surface area contributed by atoms with Crippen molar-refractivity contribution in [1.82, 2.24) is 15.2 Å². The van der Waals surface area contributed by atoms with Gasteiger partial charge in [0, 0.05) is 14.0 Å². The number of rotatable bonds is 4. The zero-order chi connectivity index (χ0) is 20.1. The molecule has 28 heavy (non-hydrogen) atoms. The SMILES string of the molecule is C[C@@H](NC(=O)C1(N2Cc3cc(F)ccc3CC2=O)CC1)c1ncc(F)cc1F.[HH]. The Bertz CT molecular complexity index is 981. The van der Waals surface area contributed by atoms with Gasteiger partial charge in [-0.05, 0) is 43.0 Å². The molecule has 0 radical (unpaired) electrons. The zero-order valence-electron chi connectivity index (χ0n) is 15.1. The van der Waals surface area contributed by atoms with Gasteiger partial charge in [-0.15, -0.1) is 0 Å². The van der Waals surface area contributed by atoms with Gasteiger partial charge in [0.1, 0.15) is 23.0 Å². The first-order valence-corrected chi connectivity index (χ1v) is 9.00. The Labute approximate surface area is 161 Å². The van der Waals surface area contributed by atoms with Crippen LogP contribution in [0.4, 0.5) is 13.2 Å². The highest BCUT2D eigenvalue weighted by Crippen LogP contribution is 2.45. The number of halogens is 3. The predicted molar refractivity (Wildman–Crippen MR) is 95.4 cm³/mol. The van der Waals surface area contributed by atoms with E-state index in [1.54, 1.807) is 13.0 Å². The molecule has 1 atom stereocenters. The maximum Gasteiger partial charge on any atom is 0.246 e. The lowest BCUT2D eigenvalue weighted by Gasteiger charge is -2.35. The monoisotopic (exact) mass is 391 g/mol. The summed E-state index contributed by atoms with van der Waals surface area (Å²) in [5, 5.41) is 2.68. The number of benzene rings is 1.